The fourth-order valence-corrected chi connectivity index (χ4v) is 3.39. The predicted octanol–water partition coefficient (Wildman–Crippen LogP) is 3.03. The lowest BCUT2D eigenvalue weighted by atomic mass is 9.80. The third-order valence-electron chi connectivity index (χ3n) is 3.45. The summed E-state index contributed by atoms with van der Waals surface area (Å²) in [5.41, 5.74) is 9.39. The van der Waals surface area contributed by atoms with Crippen molar-refractivity contribution in [1.29, 1.82) is 0 Å². The molecule has 0 N–H and O–H groups in total. The normalized spacial score (nSPS) is 26.1. The molecule has 1 saturated carbocycles. The van der Waals surface area contributed by atoms with Gasteiger partial charge in [0.15, 0.2) is 0 Å². The van der Waals surface area contributed by atoms with Gasteiger partial charge in [-0.25, -0.2) is 4.98 Å². The van der Waals surface area contributed by atoms with Crippen molar-refractivity contribution in [2.45, 2.75) is 37.3 Å². The van der Waals surface area contributed by atoms with Crippen LogP contribution in [0.15, 0.2) is 23.4 Å². The molecule has 1 fully saturated rings. The molecule has 21 heavy (non-hydrogen) atoms. The summed E-state index contributed by atoms with van der Waals surface area (Å²) in [7, 11) is -3.55. The maximum atomic E-state index is 11.4. The summed E-state index contributed by atoms with van der Waals surface area (Å²) in [4.78, 5) is 6.84. The molecule has 0 aromatic carbocycles. The zero-order valence-corrected chi connectivity index (χ0v) is 13.0. The fourth-order valence-electron chi connectivity index (χ4n) is 2.60. The molecule has 114 valence electrons. The maximum Gasteiger partial charge on any atom is 0.264 e. The molecule has 0 spiro atoms. The largest absolute Gasteiger partial charge is 0.266 e. The van der Waals surface area contributed by atoms with Gasteiger partial charge >= 0.3 is 0 Å². The van der Waals surface area contributed by atoms with E-state index in [0.717, 1.165) is 11.8 Å². The standard InChI is InChI=1S/C12H15ClN4O3S/c1-21(18,19)20-11-4-3-9(16-17-14)6-10(11)8-2-5-12(13)15-7-8/h2,5,7,9-11H,3-4,6H2,1H3/t9-,10-,11-/m1/s1. The Morgan fingerprint density at radius 2 is 2.24 bits per heavy atom. The van der Waals surface area contributed by atoms with Crippen molar-refractivity contribution < 1.29 is 12.6 Å². The number of pyridine rings is 1. The molecule has 0 amide bonds. The lowest BCUT2D eigenvalue weighted by Gasteiger charge is -2.33. The predicted molar refractivity (Wildman–Crippen MR) is 78.5 cm³/mol. The number of azide groups is 1. The molecule has 1 aromatic rings. The molecule has 1 aliphatic rings. The minimum Gasteiger partial charge on any atom is -0.266 e. The van der Waals surface area contributed by atoms with Crippen LogP contribution in [0.3, 0.4) is 0 Å². The van der Waals surface area contributed by atoms with Crippen LogP contribution in [0.4, 0.5) is 0 Å². The summed E-state index contributed by atoms with van der Waals surface area (Å²) in [5.74, 6) is -0.200. The molecule has 0 bridgehead atoms. The Hall–Kier alpha value is -1.34. The number of rotatable bonds is 4. The molecule has 9 heteroatoms. The van der Waals surface area contributed by atoms with Gasteiger partial charge in [-0.3, -0.25) is 4.18 Å². The first kappa shape index (κ1) is 16.0. The van der Waals surface area contributed by atoms with Gasteiger partial charge in [-0.05, 0) is 36.4 Å². The van der Waals surface area contributed by atoms with E-state index in [2.05, 4.69) is 15.0 Å². The molecular formula is C12H15ClN4O3S. The third-order valence-corrected chi connectivity index (χ3v) is 4.27. The molecule has 1 aromatic heterocycles. The van der Waals surface area contributed by atoms with Crippen molar-refractivity contribution in [2.24, 2.45) is 5.11 Å². The van der Waals surface area contributed by atoms with Gasteiger partial charge in [-0.2, -0.15) is 8.42 Å². The Morgan fingerprint density at radius 1 is 1.48 bits per heavy atom. The van der Waals surface area contributed by atoms with Gasteiger partial charge in [0.1, 0.15) is 5.15 Å². The topological polar surface area (TPSA) is 105 Å². The average molecular weight is 331 g/mol. The van der Waals surface area contributed by atoms with Crippen LogP contribution in [-0.2, 0) is 14.3 Å². The minimum absolute atomic E-state index is 0.171. The summed E-state index contributed by atoms with van der Waals surface area (Å²) < 4.78 is 28.0. The molecule has 3 atom stereocenters. The molecule has 0 saturated heterocycles. The van der Waals surface area contributed by atoms with Crippen molar-refractivity contribution in [1.82, 2.24) is 4.98 Å². The maximum absolute atomic E-state index is 11.4. The van der Waals surface area contributed by atoms with Crippen LogP contribution >= 0.6 is 11.6 Å². The number of hydrogen-bond donors (Lipinski definition) is 0. The molecule has 0 aliphatic heterocycles. The second-order valence-electron chi connectivity index (χ2n) is 5.03. The van der Waals surface area contributed by atoms with Gasteiger partial charge < -0.3 is 0 Å². The van der Waals surface area contributed by atoms with E-state index in [4.69, 9.17) is 21.3 Å². The van der Waals surface area contributed by atoms with Crippen molar-refractivity contribution >= 4 is 21.7 Å². The molecule has 0 unspecified atom stereocenters. The monoisotopic (exact) mass is 330 g/mol. The van der Waals surface area contributed by atoms with E-state index in [0.29, 0.717) is 24.4 Å². The highest BCUT2D eigenvalue weighted by molar-refractivity contribution is 7.86. The van der Waals surface area contributed by atoms with Crippen LogP contribution in [0.1, 0.15) is 30.7 Å². The third kappa shape index (κ3) is 4.57. The number of halogens is 1. The molecule has 2 rings (SSSR count). The Morgan fingerprint density at radius 3 is 2.81 bits per heavy atom. The van der Waals surface area contributed by atoms with Crippen molar-refractivity contribution in [3.05, 3.63) is 39.5 Å². The van der Waals surface area contributed by atoms with Crippen molar-refractivity contribution in [2.75, 3.05) is 6.26 Å². The van der Waals surface area contributed by atoms with Gasteiger partial charge in [0.05, 0.1) is 12.4 Å². The van der Waals surface area contributed by atoms with Gasteiger partial charge in [-0.1, -0.05) is 22.8 Å². The zero-order chi connectivity index (χ0) is 15.5. The molecule has 7 nitrogen and oxygen atoms in total. The molecule has 1 aliphatic carbocycles. The molecule has 1 heterocycles. The second-order valence-corrected chi connectivity index (χ2v) is 7.02. The number of nitrogens with zero attached hydrogens (tertiary/aromatic N) is 4. The number of aromatic nitrogens is 1. The lowest BCUT2D eigenvalue weighted by molar-refractivity contribution is 0.130. The van der Waals surface area contributed by atoms with Crippen LogP contribution in [0.5, 0.6) is 0 Å². The zero-order valence-electron chi connectivity index (χ0n) is 11.4. The highest BCUT2D eigenvalue weighted by Crippen LogP contribution is 2.37. The van der Waals surface area contributed by atoms with E-state index in [9.17, 15) is 8.42 Å². The summed E-state index contributed by atoms with van der Waals surface area (Å²) >= 11 is 5.77. The van der Waals surface area contributed by atoms with Crippen molar-refractivity contribution in [3.8, 4) is 0 Å². The van der Waals surface area contributed by atoms with Gasteiger partial charge in [0.2, 0.25) is 0 Å². The Labute approximate surface area is 128 Å². The highest BCUT2D eigenvalue weighted by atomic mass is 35.5. The van der Waals surface area contributed by atoms with E-state index >= 15 is 0 Å². The van der Waals surface area contributed by atoms with Crippen LogP contribution in [-0.4, -0.2) is 31.8 Å². The van der Waals surface area contributed by atoms with E-state index in [1.165, 1.54) is 0 Å². The van der Waals surface area contributed by atoms with Crippen LogP contribution < -0.4 is 0 Å². The smallest absolute Gasteiger partial charge is 0.264 e. The van der Waals surface area contributed by atoms with E-state index in [-0.39, 0.29) is 12.0 Å². The first-order valence-corrected chi connectivity index (χ1v) is 8.62. The van der Waals surface area contributed by atoms with Crippen LogP contribution in [0, 0.1) is 0 Å². The minimum atomic E-state index is -3.55. The highest BCUT2D eigenvalue weighted by Gasteiger charge is 2.34. The van der Waals surface area contributed by atoms with Gasteiger partial charge in [0.25, 0.3) is 10.1 Å². The first-order chi connectivity index (χ1) is 9.89. The summed E-state index contributed by atoms with van der Waals surface area (Å²) in [5, 5.41) is 4.10. The summed E-state index contributed by atoms with van der Waals surface area (Å²) in [6, 6.07) is 3.26. The first-order valence-electron chi connectivity index (χ1n) is 6.43. The van der Waals surface area contributed by atoms with Crippen molar-refractivity contribution in [3.63, 3.8) is 0 Å². The van der Waals surface area contributed by atoms with E-state index in [1.54, 1.807) is 18.3 Å². The second kappa shape index (κ2) is 6.62. The SMILES string of the molecule is CS(=O)(=O)O[C@@H]1CC[C@@H](N=[N+]=[N-])C[C@@H]1c1ccc(Cl)nc1. The Kier molecular flexibility index (Phi) is 5.05. The summed E-state index contributed by atoms with van der Waals surface area (Å²) in [6.45, 7) is 0. The van der Waals surface area contributed by atoms with Gasteiger partial charge in [-0.15, -0.1) is 0 Å². The Balaban J connectivity index is 2.27. The van der Waals surface area contributed by atoms with E-state index in [1.807, 2.05) is 0 Å². The average Bonchev–Trinajstić information content (AvgIpc) is 2.40. The molecule has 0 radical (unpaired) electrons. The number of hydrogen-bond acceptors (Lipinski definition) is 5. The Bertz CT molecular complexity index is 643. The summed E-state index contributed by atoms with van der Waals surface area (Å²) in [6.07, 6.45) is 3.78. The quantitative estimate of drug-likeness (QED) is 0.278. The van der Waals surface area contributed by atoms with Crippen LogP contribution in [0.25, 0.3) is 10.4 Å². The fraction of sp³-hybridized carbons (Fsp3) is 0.583. The lowest BCUT2D eigenvalue weighted by Crippen LogP contribution is -2.33. The van der Waals surface area contributed by atoms with E-state index < -0.39 is 16.2 Å². The van der Waals surface area contributed by atoms with Crippen LogP contribution in [0.2, 0.25) is 5.15 Å². The van der Waals surface area contributed by atoms with Gasteiger partial charge in [0, 0.05) is 23.1 Å². The molecular weight excluding hydrogens is 316 g/mol.